The van der Waals surface area contributed by atoms with Gasteiger partial charge in [-0.25, -0.2) is 4.57 Å². The van der Waals surface area contributed by atoms with E-state index in [0.29, 0.717) is 6.04 Å². The van der Waals surface area contributed by atoms with Crippen molar-refractivity contribution in [3.05, 3.63) is 30.6 Å². The average molecular weight is 522 g/mol. The Bertz CT molecular complexity index is 531. The molecule has 1 heterocycles. The third-order valence-corrected chi connectivity index (χ3v) is 8.03. The molecule has 0 saturated heterocycles. The van der Waals surface area contributed by atoms with Crippen LogP contribution < -0.4 is 17.0 Å². The molecule has 0 aromatic carbocycles. The van der Waals surface area contributed by atoms with Crippen LogP contribution >= 0.6 is 0 Å². The summed E-state index contributed by atoms with van der Waals surface area (Å²) in [6.07, 6.45) is 38.9. The van der Waals surface area contributed by atoms with Crippen LogP contribution in [0.3, 0.4) is 0 Å². The summed E-state index contributed by atoms with van der Waals surface area (Å²) in [5, 5.41) is 0. The summed E-state index contributed by atoms with van der Waals surface area (Å²) in [7, 11) is 0. The highest BCUT2D eigenvalue weighted by atomic mass is 35.5. The van der Waals surface area contributed by atoms with Gasteiger partial charge < -0.3 is 12.4 Å². The molecular formula is C34H64ClN. The summed E-state index contributed by atoms with van der Waals surface area (Å²) in [5.74, 6) is 0.842. The third kappa shape index (κ3) is 21.5. The lowest BCUT2D eigenvalue weighted by molar-refractivity contribution is -0.725. The van der Waals surface area contributed by atoms with Crippen LogP contribution in [0.1, 0.15) is 181 Å². The molecule has 0 saturated carbocycles. The maximum Gasteiger partial charge on any atom is 0.169 e. The number of pyridine rings is 1. The van der Waals surface area contributed by atoms with Crippen molar-refractivity contribution in [2.45, 2.75) is 181 Å². The van der Waals surface area contributed by atoms with Gasteiger partial charge in [0, 0.05) is 25.0 Å². The quantitative estimate of drug-likeness (QED) is 0.0848. The van der Waals surface area contributed by atoms with Crippen LogP contribution in [0.25, 0.3) is 0 Å². The number of hydrogen-bond acceptors (Lipinski definition) is 0. The van der Waals surface area contributed by atoms with Crippen molar-refractivity contribution in [1.29, 1.82) is 0 Å². The molecule has 1 aromatic heterocycles. The van der Waals surface area contributed by atoms with E-state index in [2.05, 4.69) is 55.9 Å². The predicted octanol–water partition coefficient (Wildman–Crippen LogP) is 8.56. The smallest absolute Gasteiger partial charge is 0.169 e. The summed E-state index contributed by atoms with van der Waals surface area (Å²) in [6.45, 7) is 7.12. The molecule has 0 N–H and O–H groups in total. The van der Waals surface area contributed by atoms with E-state index in [1.165, 1.54) is 154 Å². The molecule has 0 spiro atoms. The largest absolute Gasteiger partial charge is 1.00 e. The highest BCUT2D eigenvalue weighted by Gasteiger charge is 2.20. The van der Waals surface area contributed by atoms with Crippen LogP contribution in [0, 0.1) is 5.92 Å². The van der Waals surface area contributed by atoms with Gasteiger partial charge in [0.15, 0.2) is 18.4 Å². The van der Waals surface area contributed by atoms with E-state index in [9.17, 15) is 0 Å². The van der Waals surface area contributed by atoms with E-state index < -0.39 is 0 Å². The second-order valence-corrected chi connectivity index (χ2v) is 11.6. The van der Waals surface area contributed by atoms with Gasteiger partial charge in [0.2, 0.25) is 0 Å². The third-order valence-electron chi connectivity index (χ3n) is 8.03. The van der Waals surface area contributed by atoms with Gasteiger partial charge in [-0.15, -0.1) is 0 Å². The van der Waals surface area contributed by atoms with Crippen molar-refractivity contribution < 1.29 is 17.0 Å². The number of unbranched alkanes of at least 4 members (excludes halogenated alkanes) is 19. The first kappa shape index (κ1) is 35.4. The van der Waals surface area contributed by atoms with E-state index in [1.54, 1.807) is 0 Å². The van der Waals surface area contributed by atoms with Gasteiger partial charge >= 0.3 is 0 Å². The zero-order chi connectivity index (χ0) is 25.2. The first-order valence-electron chi connectivity index (χ1n) is 16.2. The lowest BCUT2D eigenvalue weighted by Crippen LogP contribution is -3.00. The fourth-order valence-corrected chi connectivity index (χ4v) is 5.65. The molecule has 0 aliphatic heterocycles. The highest BCUT2D eigenvalue weighted by Crippen LogP contribution is 2.24. The number of hydrogen-bond donors (Lipinski definition) is 0. The Labute approximate surface area is 234 Å². The Morgan fingerprint density at radius 2 is 0.833 bits per heavy atom. The highest BCUT2D eigenvalue weighted by molar-refractivity contribution is 4.84. The Balaban J connectivity index is 0.0000122. The van der Waals surface area contributed by atoms with E-state index >= 15 is 0 Å². The van der Waals surface area contributed by atoms with E-state index in [4.69, 9.17) is 0 Å². The first-order valence-corrected chi connectivity index (χ1v) is 16.2. The zero-order valence-electron chi connectivity index (χ0n) is 24.8. The molecule has 1 aromatic rings. The van der Waals surface area contributed by atoms with Gasteiger partial charge in [-0.3, -0.25) is 0 Å². The molecule has 2 atom stereocenters. The Morgan fingerprint density at radius 1 is 0.472 bits per heavy atom. The predicted molar refractivity (Wildman–Crippen MR) is 157 cm³/mol. The van der Waals surface area contributed by atoms with Crippen molar-refractivity contribution >= 4 is 0 Å². The minimum atomic E-state index is 0. The van der Waals surface area contributed by atoms with Crippen molar-refractivity contribution in [3.63, 3.8) is 0 Å². The van der Waals surface area contributed by atoms with Crippen molar-refractivity contribution in [3.8, 4) is 0 Å². The average Bonchev–Trinajstić information content (AvgIpc) is 2.88. The SMILES string of the molecule is CCCCCCCCCCCCCCC(C)CC(CCCCCCCCCCC)[n+]1ccccc1.[Cl-]. The normalized spacial score (nSPS) is 12.9. The van der Waals surface area contributed by atoms with Crippen LogP contribution in [0.15, 0.2) is 30.6 Å². The van der Waals surface area contributed by atoms with Crippen LogP contribution in [0.5, 0.6) is 0 Å². The monoisotopic (exact) mass is 521 g/mol. The maximum absolute atomic E-state index is 2.51. The lowest BCUT2D eigenvalue weighted by atomic mass is 9.92. The van der Waals surface area contributed by atoms with Gasteiger partial charge in [0.25, 0.3) is 0 Å². The molecule has 0 aliphatic rings. The fourth-order valence-electron chi connectivity index (χ4n) is 5.65. The lowest BCUT2D eigenvalue weighted by Gasteiger charge is -2.17. The van der Waals surface area contributed by atoms with Crippen LogP contribution in [0.2, 0.25) is 0 Å². The number of rotatable bonds is 26. The molecule has 1 rings (SSSR count). The second kappa shape index (κ2) is 27.5. The van der Waals surface area contributed by atoms with Gasteiger partial charge in [-0.1, -0.05) is 162 Å². The molecule has 0 radical (unpaired) electrons. The second-order valence-electron chi connectivity index (χ2n) is 11.6. The van der Waals surface area contributed by atoms with Crippen LogP contribution in [-0.4, -0.2) is 0 Å². The Hall–Kier alpha value is -0.560. The zero-order valence-corrected chi connectivity index (χ0v) is 25.6. The minimum Gasteiger partial charge on any atom is -1.00 e. The van der Waals surface area contributed by atoms with Crippen molar-refractivity contribution in [2.24, 2.45) is 5.92 Å². The summed E-state index contributed by atoms with van der Waals surface area (Å²) in [5.41, 5.74) is 0. The molecular weight excluding hydrogens is 458 g/mol. The molecule has 2 unspecified atom stereocenters. The van der Waals surface area contributed by atoms with E-state index in [0.717, 1.165) is 5.92 Å². The van der Waals surface area contributed by atoms with E-state index in [1.807, 2.05) is 0 Å². The molecule has 36 heavy (non-hydrogen) atoms. The van der Waals surface area contributed by atoms with Crippen molar-refractivity contribution in [2.75, 3.05) is 0 Å². The molecule has 0 bridgehead atoms. The molecule has 1 nitrogen and oxygen atoms in total. The van der Waals surface area contributed by atoms with Gasteiger partial charge in [-0.05, 0) is 12.3 Å². The summed E-state index contributed by atoms with van der Waals surface area (Å²) in [4.78, 5) is 0. The van der Waals surface area contributed by atoms with Crippen molar-refractivity contribution in [1.82, 2.24) is 0 Å². The Morgan fingerprint density at radius 3 is 1.25 bits per heavy atom. The molecule has 212 valence electrons. The first-order chi connectivity index (χ1) is 17.3. The minimum absolute atomic E-state index is 0. The van der Waals surface area contributed by atoms with Gasteiger partial charge in [-0.2, -0.15) is 0 Å². The van der Waals surface area contributed by atoms with Crippen LogP contribution in [0.4, 0.5) is 0 Å². The molecule has 2 heteroatoms. The van der Waals surface area contributed by atoms with Crippen LogP contribution in [-0.2, 0) is 0 Å². The standard InChI is InChI=1S/C34H64N.ClH/c1-4-6-8-10-12-14-15-16-18-19-21-24-28-33(3)32-34(35-30-26-23-27-31-35)29-25-22-20-17-13-11-9-7-5-2;/h23,26-27,30-31,33-34H,4-22,24-25,28-29,32H2,1-3H3;1H/q+1;/p-1. The van der Waals surface area contributed by atoms with E-state index in [-0.39, 0.29) is 12.4 Å². The van der Waals surface area contributed by atoms with Gasteiger partial charge in [0.05, 0.1) is 0 Å². The maximum atomic E-state index is 2.51. The number of halogens is 1. The Kier molecular flexibility index (Phi) is 27.0. The molecule has 0 aliphatic carbocycles. The summed E-state index contributed by atoms with van der Waals surface area (Å²) < 4.78 is 2.50. The van der Waals surface area contributed by atoms with Gasteiger partial charge in [0.1, 0.15) is 0 Å². The summed E-state index contributed by atoms with van der Waals surface area (Å²) >= 11 is 0. The number of aromatic nitrogens is 1. The fraction of sp³-hybridized carbons (Fsp3) is 0.853. The number of nitrogens with zero attached hydrogens (tertiary/aromatic N) is 1. The summed E-state index contributed by atoms with van der Waals surface area (Å²) in [6, 6.07) is 7.26. The topological polar surface area (TPSA) is 3.88 Å². The molecule has 0 amide bonds. The molecule has 0 fully saturated rings.